The smallest absolute Gasteiger partial charge is 0.169 e. The molecule has 2 heteroatoms. The fraction of sp³-hybridized carbons (Fsp3) is 0.667. The first-order valence-corrected chi connectivity index (χ1v) is 8.14. The van der Waals surface area contributed by atoms with Gasteiger partial charge in [0, 0.05) is 18.3 Å². The van der Waals surface area contributed by atoms with Gasteiger partial charge in [0.1, 0.15) is 0 Å². The zero-order valence-electron chi connectivity index (χ0n) is 12.0. The minimum Gasteiger partial charge on any atom is -0.348 e. The molecule has 1 heterocycles. The van der Waals surface area contributed by atoms with Gasteiger partial charge in [0.15, 0.2) is 5.79 Å². The van der Waals surface area contributed by atoms with Crippen LogP contribution in [0.2, 0.25) is 0 Å². The fourth-order valence-corrected chi connectivity index (χ4v) is 5.36. The van der Waals surface area contributed by atoms with E-state index in [0.29, 0.717) is 10.8 Å². The van der Waals surface area contributed by atoms with E-state index >= 15 is 0 Å². The van der Waals surface area contributed by atoms with Crippen molar-refractivity contribution in [2.75, 3.05) is 13.2 Å². The monoisotopic (exact) mass is 270 g/mol. The van der Waals surface area contributed by atoms with E-state index in [0.717, 1.165) is 26.1 Å². The van der Waals surface area contributed by atoms with Crippen LogP contribution >= 0.6 is 0 Å². The van der Waals surface area contributed by atoms with Crippen molar-refractivity contribution in [1.29, 1.82) is 0 Å². The molecule has 0 amide bonds. The largest absolute Gasteiger partial charge is 0.348 e. The van der Waals surface area contributed by atoms with Gasteiger partial charge in [-0.05, 0) is 48.6 Å². The molecule has 1 saturated heterocycles. The molecule has 0 aromatic heterocycles. The summed E-state index contributed by atoms with van der Waals surface area (Å²) in [6.07, 6.45) is 8.85. The molecule has 2 saturated carbocycles. The van der Waals surface area contributed by atoms with Crippen LogP contribution in [0.1, 0.15) is 56.1 Å². The Morgan fingerprint density at radius 2 is 1.45 bits per heavy atom. The van der Waals surface area contributed by atoms with Crippen LogP contribution in [0.4, 0.5) is 0 Å². The minimum absolute atomic E-state index is 0.258. The van der Waals surface area contributed by atoms with Crippen LogP contribution in [0, 0.1) is 0 Å². The van der Waals surface area contributed by atoms with Crippen molar-refractivity contribution in [3.05, 3.63) is 35.4 Å². The Balaban J connectivity index is 1.60. The van der Waals surface area contributed by atoms with Crippen LogP contribution in [0.5, 0.6) is 0 Å². The van der Waals surface area contributed by atoms with E-state index in [1.165, 1.54) is 32.1 Å². The van der Waals surface area contributed by atoms with E-state index in [4.69, 9.17) is 9.47 Å². The topological polar surface area (TPSA) is 18.5 Å². The number of ether oxygens (including phenoxy) is 2. The van der Waals surface area contributed by atoms with Crippen molar-refractivity contribution in [3.8, 4) is 0 Å². The molecule has 1 aliphatic heterocycles. The molecule has 3 aliphatic carbocycles. The molecular formula is C18H22O2. The molecule has 0 N–H and O–H groups in total. The van der Waals surface area contributed by atoms with Crippen molar-refractivity contribution >= 4 is 0 Å². The SMILES string of the molecule is c1ccc2c(c1)C1(CC1)CC21CCCC2(C1)OCCO2. The summed E-state index contributed by atoms with van der Waals surface area (Å²) in [5.41, 5.74) is 4.12. The Bertz CT molecular complexity index is 554. The zero-order valence-corrected chi connectivity index (χ0v) is 12.0. The Hall–Kier alpha value is -0.860. The Kier molecular flexibility index (Phi) is 2.15. The molecular weight excluding hydrogens is 248 g/mol. The van der Waals surface area contributed by atoms with Crippen LogP contribution in [0.25, 0.3) is 0 Å². The first-order chi connectivity index (χ1) is 9.76. The lowest BCUT2D eigenvalue weighted by molar-refractivity contribution is -0.191. The lowest BCUT2D eigenvalue weighted by atomic mass is 9.67. The summed E-state index contributed by atoms with van der Waals surface area (Å²) in [5.74, 6) is -0.258. The van der Waals surface area contributed by atoms with Crippen molar-refractivity contribution in [3.63, 3.8) is 0 Å². The third-order valence-electron chi connectivity index (χ3n) is 6.23. The van der Waals surface area contributed by atoms with Gasteiger partial charge < -0.3 is 9.47 Å². The summed E-state index contributed by atoms with van der Waals surface area (Å²) in [5, 5.41) is 0. The number of benzene rings is 1. The Morgan fingerprint density at radius 1 is 0.750 bits per heavy atom. The van der Waals surface area contributed by atoms with Gasteiger partial charge in [-0.25, -0.2) is 0 Å². The van der Waals surface area contributed by atoms with Crippen molar-refractivity contribution in [2.24, 2.45) is 0 Å². The zero-order chi connectivity index (χ0) is 13.3. The second-order valence-electron chi connectivity index (χ2n) is 7.42. The van der Waals surface area contributed by atoms with Crippen LogP contribution in [0.3, 0.4) is 0 Å². The van der Waals surface area contributed by atoms with Gasteiger partial charge in [0.05, 0.1) is 13.2 Å². The molecule has 0 radical (unpaired) electrons. The molecule has 0 bridgehead atoms. The van der Waals surface area contributed by atoms with E-state index in [1.807, 2.05) is 0 Å². The summed E-state index contributed by atoms with van der Waals surface area (Å²) in [6, 6.07) is 9.21. The highest BCUT2D eigenvalue weighted by Gasteiger charge is 2.61. The van der Waals surface area contributed by atoms with E-state index in [9.17, 15) is 0 Å². The maximum atomic E-state index is 6.05. The van der Waals surface area contributed by atoms with Crippen molar-refractivity contribution in [1.82, 2.24) is 0 Å². The molecule has 2 nitrogen and oxygen atoms in total. The molecule has 1 aromatic rings. The molecule has 1 atom stereocenters. The number of hydrogen-bond acceptors (Lipinski definition) is 2. The van der Waals surface area contributed by atoms with E-state index < -0.39 is 0 Å². The Labute approximate surface area is 120 Å². The third-order valence-corrected chi connectivity index (χ3v) is 6.23. The summed E-state index contributed by atoms with van der Waals surface area (Å²) < 4.78 is 12.1. The van der Waals surface area contributed by atoms with Crippen LogP contribution in [0.15, 0.2) is 24.3 Å². The predicted octanol–water partition coefficient (Wildman–Crippen LogP) is 3.68. The van der Waals surface area contributed by atoms with E-state index in [-0.39, 0.29) is 5.79 Å². The summed E-state index contributed by atoms with van der Waals surface area (Å²) >= 11 is 0. The van der Waals surface area contributed by atoms with Crippen molar-refractivity contribution < 1.29 is 9.47 Å². The number of rotatable bonds is 0. The number of hydrogen-bond donors (Lipinski definition) is 0. The predicted molar refractivity (Wildman–Crippen MR) is 76.8 cm³/mol. The lowest BCUT2D eigenvalue weighted by Gasteiger charge is -2.44. The second kappa shape index (κ2) is 3.66. The standard InChI is InChI=1S/C18H22O2/c1-2-5-15-14(4-1)16(8-9-16)12-17(15)6-3-7-18(13-17)19-10-11-20-18/h1-2,4-5H,3,6-13H2. The van der Waals surface area contributed by atoms with Gasteiger partial charge in [-0.15, -0.1) is 0 Å². The van der Waals surface area contributed by atoms with Crippen LogP contribution in [-0.2, 0) is 20.3 Å². The highest BCUT2D eigenvalue weighted by atomic mass is 16.7. The van der Waals surface area contributed by atoms with Gasteiger partial charge in [0.25, 0.3) is 0 Å². The second-order valence-corrected chi connectivity index (χ2v) is 7.42. The van der Waals surface area contributed by atoms with E-state index in [2.05, 4.69) is 24.3 Å². The quantitative estimate of drug-likeness (QED) is 0.716. The molecule has 1 unspecified atom stereocenters. The average Bonchev–Trinajstić information content (AvgIpc) is 3.03. The summed E-state index contributed by atoms with van der Waals surface area (Å²) in [4.78, 5) is 0. The fourth-order valence-electron chi connectivity index (χ4n) is 5.36. The van der Waals surface area contributed by atoms with Gasteiger partial charge in [0.2, 0.25) is 0 Å². The lowest BCUT2D eigenvalue weighted by Crippen LogP contribution is -2.44. The minimum atomic E-state index is -0.258. The number of fused-ring (bicyclic) bond motifs is 3. The van der Waals surface area contributed by atoms with Gasteiger partial charge >= 0.3 is 0 Å². The highest BCUT2D eigenvalue weighted by molar-refractivity contribution is 5.50. The first kappa shape index (κ1) is 11.8. The molecule has 4 aliphatic rings. The molecule has 1 aromatic carbocycles. The van der Waals surface area contributed by atoms with Gasteiger partial charge in [-0.1, -0.05) is 24.3 Å². The van der Waals surface area contributed by atoms with Crippen LogP contribution < -0.4 is 0 Å². The highest BCUT2D eigenvalue weighted by Crippen LogP contribution is 2.66. The molecule has 20 heavy (non-hydrogen) atoms. The normalized spacial score (nSPS) is 35.8. The third kappa shape index (κ3) is 1.42. The molecule has 5 rings (SSSR count). The van der Waals surface area contributed by atoms with Crippen molar-refractivity contribution in [2.45, 2.75) is 61.6 Å². The average molecular weight is 270 g/mol. The molecule has 106 valence electrons. The summed E-state index contributed by atoms with van der Waals surface area (Å²) in [7, 11) is 0. The van der Waals surface area contributed by atoms with E-state index in [1.54, 1.807) is 11.1 Å². The Morgan fingerprint density at radius 3 is 2.15 bits per heavy atom. The van der Waals surface area contributed by atoms with Gasteiger partial charge in [-0.2, -0.15) is 0 Å². The van der Waals surface area contributed by atoms with Crippen LogP contribution in [-0.4, -0.2) is 19.0 Å². The van der Waals surface area contributed by atoms with Gasteiger partial charge in [-0.3, -0.25) is 0 Å². The summed E-state index contributed by atoms with van der Waals surface area (Å²) in [6.45, 7) is 1.56. The first-order valence-electron chi connectivity index (χ1n) is 8.14. The maximum absolute atomic E-state index is 6.05. The maximum Gasteiger partial charge on any atom is 0.169 e. The molecule has 3 fully saturated rings. The molecule has 3 spiro atoms.